The van der Waals surface area contributed by atoms with Gasteiger partial charge in [-0.05, 0) is 34.9 Å². The number of hydrogen-bond acceptors (Lipinski definition) is 1. The largest absolute Gasteiger partial charge is 0.341 e. The normalized spacial score (nSPS) is 10.6. The number of pyridine rings is 1. The Kier molecular flexibility index (Phi) is 4.04. The van der Waals surface area contributed by atoms with Gasteiger partial charge in [0.1, 0.15) is 4.64 Å². The average molecular weight is 356 g/mol. The fourth-order valence-corrected chi connectivity index (χ4v) is 2.99. The van der Waals surface area contributed by atoms with Crippen LogP contribution in [0, 0.1) is 4.64 Å². The van der Waals surface area contributed by atoms with Crippen LogP contribution in [0.4, 0.5) is 0 Å². The number of benzene rings is 2. The molecule has 0 amide bonds. The average Bonchev–Trinajstić information content (AvgIpc) is 2.51. The Hall–Kier alpha value is -1.71. The summed E-state index contributed by atoms with van der Waals surface area (Å²) in [5, 5.41) is 0. The van der Waals surface area contributed by atoms with Crippen molar-refractivity contribution in [3.8, 4) is 22.3 Å². The fraction of sp³-hybridized carbons (Fsp3) is 0.0556. The predicted molar refractivity (Wildman–Crippen MR) is 94.8 cm³/mol. The van der Waals surface area contributed by atoms with E-state index in [1.165, 1.54) is 11.1 Å². The topological polar surface area (TPSA) is 4.93 Å². The van der Waals surface area contributed by atoms with E-state index in [1.54, 1.807) is 0 Å². The molecule has 1 heterocycles. The van der Waals surface area contributed by atoms with E-state index >= 15 is 0 Å². The number of aryl methyl sites for hydroxylation is 1. The molecule has 2 aromatic carbocycles. The van der Waals surface area contributed by atoms with Gasteiger partial charge in [0.25, 0.3) is 0 Å². The molecule has 0 atom stereocenters. The molecule has 3 aromatic rings. The summed E-state index contributed by atoms with van der Waals surface area (Å²) < 4.78 is 3.91. The molecule has 0 fully saturated rings. The molecule has 0 N–H and O–H groups in total. The molecule has 21 heavy (non-hydrogen) atoms. The minimum absolute atomic E-state index is 0.841. The number of aromatic nitrogens is 1. The van der Waals surface area contributed by atoms with Gasteiger partial charge in [-0.15, -0.1) is 0 Å². The van der Waals surface area contributed by atoms with Gasteiger partial charge in [0.05, 0.1) is 0 Å². The Balaban J connectivity index is 2.22. The molecule has 104 valence electrons. The molecule has 0 aliphatic rings. The van der Waals surface area contributed by atoms with E-state index in [0.717, 1.165) is 20.2 Å². The Morgan fingerprint density at radius 3 is 2.29 bits per heavy atom. The standard InChI is InChI=1S/C18H14BrNS/c1-20-12-15(13-6-3-2-4-7-13)11-17(18(20)21)14-8-5-9-16(19)10-14/h2-12H,1H3. The number of rotatable bonds is 2. The lowest BCUT2D eigenvalue weighted by atomic mass is 10.0. The third kappa shape index (κ3) is 2.99. The van der Waals surface area contributed by atoms with Gasteiger partial charge in [-0.2, -0.15) is 0 Å². The van der Waals surface area contributed by atoms with E-state index < -0.39 is 0 Å². The number of halogens is 1. The van der Waals surface area contributed by atoms with Crippen molar-refractivity contribution in [1.29, 1.82) is 0 Å². The van der Waals surface area contributed by atoms with Crippen LogP contribution in [-0.4, -0.2) is 4.57 Å². The molecule has 1 nitrogen and oxygen atoms in total. The zero-order valence-corrected chi connectivity index (χ0v) is 14.0. The van der Waals surface area contributed by atoms with Crippen LogP contribution in [0.1, 0.15) is 0 Å². The highest BCUT2D eigenvalue weighted by Gasteiger charge is 2.06. The van der Waals surface area contributed by atoms with Crippen LogP contribution in [-0.2, 0) is 7.05 Å². The first-order valence-corrected chi connectivity index (χ1v) is 7.87. The SMILES string of the molecule is Cn1cc(-c2ccccc2)cc(-c2cccc(Br)c2)c1=S. The smallest absolute Gasteiger partial charge is 0.113 e. The maximum absolute atomic E-state index is 5.58. The quantitative estimate of drug-likeness (QED) is 0.521. The van der Waals surface area contributed by atoms with Gasteiger partial charge in [-0.25, -0.2) is 0 Å². The van der Waals surface area contributed by atoms with Gasteiger partial charge in [-0.3, -0.25) is 0 Å². The zero-order valence-electron chi connectivity index (χ0n) is 11.6. The van der Waals surface area contributed by atoms with Gasteiger partial charge >= 0.3 is 0 Å². The van der Waals surface area contributed by atoms with Crippen LogP contribution in [0.5, 0.6) is 0 Å². The highest BCUT2D eigenvalue weighted by atomic mass is 79.9. The molecular formula is C18H14BrNS. The lowest BCUT2D eigenvalue weighted by molar-refractivity contribution is 0.892. The summed E-state index contributed by atoms with van der Waals surface area (Å²) in [5.41, 5.74) is 4.57. The monoisotopic (exact) mass is 355 g/mol. The second-order valence-corrected chi connectivity index (χ2v) is 6.24. The number of hydrogen-bond donors (Lipinski definition) is 0. The first kappa shape index (κ1) is 14.2. The van der Waals surface area contributed by atoms with Gasteiger partial charge in [0.2, 0.25) is 0 Å². The minimum Gasteiger partial charge on any atom is -0.341 e. The summed E-state index contributed by atoms with van der Waals surface area (Å²) in [4.78, 5) is 0. The van der Waals surface area contributed by atoms with Crippen molar-refractivity contribution in [2.24, 2.45) is 7.05 Å². The molecule has 0 bridgehead atoms. The molecule has 0 radical (unpaired) electrons. The summed E-state index contributed by atoms with van der Waals surface area (Å²) >= 11 is 9.10. The van der Waals surface area contributed by atoms with Crippen LogP contribution in [0.25, 0.3) is 22.3 Å². The van der Waals surface area contributed by atoms with Gasteiger partial charge in [0.15, 0.2) is 0 Å². The van der Waals surface area contributed by atoms with Crippen LogP contribution >= 0.6 is 28.1 Å². The first-order chi connectivity index (χ1) is 10.1. The number of nitrogens with zero attached hydrogens (tertiary/aromatic N) is 1. The van der Waals surface area contributed by atoms with Gasteiger partial charge < -0.3 is 4.57 Å². The third-order valence-electron chi connectivity index (χ3n) is 3.43. The summed E-state index contributed by atoms with van der Waals surface area (Å²) in [7, 11) is 2.00. The van der Waals surface area contributed by atoms with Crippen molar-refractivity contribution >= 4 is 28.1 Å². The summed E-state index contributed by atoms with van der Waals surface area (Å²) in [6.07, 6.45) is 2.08. The summed E-state index contributed by atoms with van der Waals surface area (Å²) in [5.74, 6) is 0. The molecule has 0 spiro atoms. The van der Waals surface area contributed by atoms with Crippen LogP contribution in [0.15, 0.2) is 71.3 Å². The third-order valence-corrected chi connectivity index (χ3v) is 4.43. The van der Waals surface area contributed by atoms with E-state index in [-0.39, 0.29) is 0 Å². The maximum atomic E-state index is 5.58. The first-order valence-electron chi connectivity index (χ1n) is 6.67. The lowest BCUT2D eigenvalue weighted by Gasteiger charge is -2.11. The molecule has 0 unspecified atom stereocenters. The fourth-order valence-electron chi connectivity index (χ4n) is 2.36. The minimum atomic E-state index is 0.841. The highest BCUT2D eigenvalue weighted by molar-refractivity contribution is 9.10. The molecule has 1 aromatic heterocycles. The van der Waals surface area contributed by atoms with E-state index in [4.69, 9.17) is 12.2 Å². The van der Waals surface area contributed by atoms with Crippen molar-refractivity contribution < 1.29 is 0 Å². The van der Waals surface area contributed by atoms with Crippen LogP contribution in [0.2, 0.25) is 0 Å². The van der Waals surface area contributed by atoms with Crippen molar-refractivity contribution in [3.05, 3.63) is 76.0 Å². The van der Waals surface area contributed by atoms with E-state index in [2.05, 4.69) is 64.6 Å². The molecule has 0 saturated heterocycles. The molecule has 3 rings (SSSR count). The van der Waals surface area contributed by atoms with E-state index in [9.17, 15) is 0 Å². The van der Waals surface area contributed by atoms with E-state index in [0.29, 0.717) is 0 Å². The van der Waals surface area contributed by atoms with Gasteiger partial charge in [0, 0.05) is 23.3 Å². The molecule has 0 aliphatic carbocycles. The van der Waals surface area contributed by atoms with Crippen LogP contribution < -0.4 is 0 Å². The summed E-state index contributed by atoms with van der Waals surface area (Å²) in [6.45, 7) is 0. The van der Waals surface area contributed by atoms with Crippen molar-refractivity contribution in [1.82, 2.24) is 4.57 Å². The van der Waals surface area contributed by atoms with Gasteiger partial charge in [-0.1, -0.05) is 70.6 Å². The predicted octanol–water partition coefficient (Wildman–Crippen LogP) is 5.85. The lowest BCUT2D eigenvalue weighted by Crippen LogP contribution is -1.96. The Labute approximate surface area is 138 Å². The van der Waals surface area contributed by atoms with E-state index in [1.807, 2.05) is 29.8 Å². The second-order valence-electron chi connectivity index (χ2n) is 4.93. The van der Waals surface area contributed by atoms with Crippen molar-refractivity contribution in [2.45, 2.75) is 0 Å². The van der Waals surface area contributed by atoms with Crippen molar-refractivity contribution in [3.63, 3.8) is 0 Å². The Bertz CT molecular complexity index is 837. The summed E-state index contributed by atoms with van der Waals surface area (Å²) in [6, 6.07) is 20.8. The molecular weight excluding hydrogens is 342 g/mol. The van der Waals surface area contributed by atoms with Crippen LogP contribution in [0.3, 0.4) is 0 Å². The molecule has 0 saturated carbocycles. The van der Waals surface area contributed by atoms with Crippen molar-refractivity contribution in [2.75, 3.05) is 0 Å². The maximum Gasteiger partial charge on any atom is 0.113 e. The zero-order chi connectivity index (χ0) is 14.8. The Morgan fingerprint density at radius 2 is 1.57 bits per heavy atom. The highest BCUT2D eigenvalue weighted by Crippen LogP contribution is 2.28. The molecule has 3 heteroatoms. The Morgan fingerprint density at radius 1 is 0.857 bits per heavy atom. The second kappa shape index (κ2) is 5.96. The molecule has 0 aliphatic heterocycles.